The third kappa shape index (κ3) is 7.28. The average Bonchev–Trinajstić information content (AvgIpc) is 2.37. The maximum Gasteiger partial charge on any atom is 0.0891 e. The van der Waals surface area contributed by atoms with Crippen molar-refractivity contribution in [2.24, 2.45) is 5.92 Å². The van der Waals surface area contributed by atoms with Gasteiger partial charge in [-0.2, -0.15) is 0 Å². The van der Waals surface area contributed by atoms with Crippen LogP contribution in [0.15, 0.2) is 18.3 Å². The fourth-order valence-electron chi connectivity index (χ4n) is 2.01. The van der Waals surface area contributed by atoms with E-state index in [1.165, 1.54) is 5.56 Å². The second kappa shape index (κ2) is 9.05. The van der Waals surface area contributed by atoms with Crippen LogP contribution in [0.1, 0.15) is 51.8 Å². The van der Waals surface area contributed by atoms with Gasteiger partial charge >= 0.3 is 0 Å². The molecule has 1 aromatic heterocycles. The van der Waals surface area contributed by atoms with Crippen molar-refractivity contribution in [2.75, 3.05) is 6.54 Å². The van der Waals surface area contributed by atoms with Crippen LogP contribution >= 0.6 is 0 Å². The Labute approximate surface area is 117 Å². The Morgan fingerprint density at radius 1 is 1.26 bits per heavy atom. The topological polar surface area (TPSA) is 34.1 Å². The first-order chi connectivity index (χ1) is 9.11. The van der Waals surface area contributed by atoms with Gasteiger partial charge in [0.05, 0.1) is 18.4 Å². The molecule has 0 saturated heterocycles. The first-order valence-electron chi connectivity index (χ1n) is 7.38. The van der Waals surface area contributed by atoms with Gasteiger partial charge < -0.3 is 10.1 Å². The van der Waals surface area contributed by atoms with Crippen molar-refractivity contribution in [3.63, 3.8) is 0 Å². The zero-order chi connectivity index (χ0) is 14.1. The highest BCUT2D eigenvalue weighted by Crippen LogP contribution is 2.10. The summed E-state index contributed by atoms with van der Waals surface area (Å²) < 4.78 is 5.80. The highest BCUT2D eigenvalue weighted by molar-refractivity contribution is 5.13. The minimum absolute atomic E-state index is 0.299. The number of nitrogens with zero attached hydrogens (tertiary/aromatic N) is 1. The van der Waals surface area contributed by atoms with Gasteiger partial charge in [-0.25, -0.2) is 0 Å². The van der Waals surface area contributed by atoms with Gasteiger partial charge in [-0.05, 0) is 43.9 Å². The summed E-state index contributed by atoms with van der Waals surface area (Å²) in [5.41, 5.74) is 2.24. The van der Waals surface area contributed by atoms with Crippen molar-refractivity contribution in [1.82, 2.24) is 10.3 Å². The number of aromatic nitrogens is 1. The van der Waals surface area contributed by atoms with Crippen LogP contribution in [-0.4, -0.2) is 17.6 Å². The molecule has 0 aliphatic rings. The van der Waals surface area contributed by atoms with Gasteiger partial charge in [0, 0.05) is 12.7 Å². The Hall–Kier alpha value is -0.930. The highest BCUT2D eigenvalue weighted by atomic mass is 16.5. The van der Waals surface area contributed by atoms with Gasteiger partial charge in [-0.3, -0.25) is 4.98 Å². The molecule has 0 aliphatic heterocycles. The van der Waals surface area contributed by atoms with Gasteiger partial charge in [0.1, 0.15) is 0 Å². The second-order valence-electron chi connectivity index (χ2n) is 5.59. The minimum atomic E-state index is 0.299. The van der Waals surface area contributed by atoms with E-state index < -0.39 is 0 Å². The predicted octanol–water partition coefficient (Wildman–Crippen LogP) is 3.53. The average molecular weight is 264 g/mol. The molecule has 0 aromatic carbocycles. The summed E-state index contributed by atoms with van der Waals surface area (Å²) >= 11 is 0. The molecule has 1 heterocycles. The summed E-state index contributed by atoms with van der Waals surface area (Å²) in [4.78, 5) is 4.44. The normalized spacial score (nSPS) is 12.9. The van der Waals surface area contributed by atoms with Crippen molar-refractivity contribution in [2.45, 2.75) is 59.8 Å². The van der Waals surface area contributed by atoms with Crippen molar-refractivity contribution < 1.29 is 4.74 Å². The van der Waals surface area contributed by atoms with Gasteiger partial charge in [0.25, 0.3) is 0 Å². The van der Waals surface area contributed by atoms with Gasteiger partial charge in [-0.15, -0.1) is 0 Å². The quantitative estimate of drug-likeness (QED) is 0.693. The highest BCUT2D eigenvalue weighted by Gasteiger charge is 2.06. The molecule has 0 radical (unpaired) electrons. The first kappa shape index (κ1) is 16.1. The van der Waals surface area contributed by atoms with Gasteiger partial charge in [0.2, 0.25) is 0 Å². The number of hydrogen-bond donors (Lipinski definition) is 1. The molecule has 19 heavy (non-hydrogen) atoms. The van der Waals surface area contributed by atoms with Crippen LogP contribution < -0.4 is 5.32 Å². The molecule has 3 nitrogen and oxygen atoms in total. The van der Waals surface area contributed by atoms with E-state index in [2.05, 4.69) is 50.1 Å². The van der Waals surface area contributed by atoms with Gasteiger partial charge in [-0.1, -0.05) is 26.8 Å². The fraction of sp³-hybridized carbons (Fsp3) is 0.688. The third-order valence-electron chi connectivity index (χ3n) is 2.96. The molecule has 0 fully saturated rings. The van der Waals surface area contributed by atoms with Crippen molar-refractivity contribution in [3.05, 3.63) is 29.6 Å². The minimum Gasteiger partial charge on any atom is -0.372 e. The SMILES string of the molecule is CCCNCc1ccc(COC(C)CC(C)C)nc1. The number of nitrogens with one attached hydrogen (secondary N) is 1. The van der Waals surface area contributed by atoms with E-state index in [-0.39, 0.29) is 0 Å². The van der Waals surface area contributed by atoms with Crippen molar-refractivity contribution in [1.29, 1.82) is 0 Å². The van der Waals surface area contributed by atoms with Crippen molar-refractivity contribution in [3.8, 4) is 0 Å². The van der Waals surface area contributed by atoms with Crippen LogP contribution in [0.25, 0.3) is 0 Å². The van der Waals surface area contributed by atoms with E-state index in [4.69, 9.17) is 4.74 Å². The number of ether oxygens (including phenoxy) is 1. The third-order valence-corrected chi connectivity index (χ3v) is 2.96. The van der Waals surface area contributed by atoms with Crippen LogP contribution in [0.5, 0.6) is 0 Å². The maximum atomic E-state index is 5.80. The van der Waals surface area contributed by atoms with E-state index in [0.717, 1.165) is 31.6 Å². The Morgan fingerprint density at radius 3 is 2.63 bits per heavy atom. The molecule has 0 bridgehead atoms. The first-order valence-corrected chi connectivity index (χ1v) is 7.38. The van der Waals surface area contributed by atoms with Crippen LogP contribution in [-0.2, 0) is 17.9 Å². The lowest BCUT2D eigenvalue weighted by Crippen LogP contribution is -2.14. The lowest BCUT2D eigenvalue weighted by molar-refractivity contribution is 0.0379. The lowest BCUT2D eigenvalue weighted by Gasteiger charge is -2.14. The number of rotatable bonds is 9. The monoisotopic (exact) mass is 264 g/mol. The lowest BCUT2D eigenvalue weighted by atomic mass is 10.1. The molecule has 1 unspecified atom stereocenters. The molecule has 0 amide bonds. The standard InChI is InChI=1S/C16H28N2O/c1-5-8-17-10-15-6-7-16(18-11-15)12-19-14(4)9-13(2)3/h6-7,11,13-14,17H,5,8-10,12H2,1-4H3. The molecular weight excluding hydrogens is 236 g/mol. The molecule has 0 spiro atoms. The van der Waals surface area contributed by atoms with Crippen molar-refractivity contribution >= 4 is 0 Å². The van der Waals surface area contributed by atoms with E-state index >= 15 is 0 Å². The Balaban J connectivity index is 2.31. The second-order valence-corrected chi connectivity index (χ2v) is 5.59. The molecular formula is C16H28N2O. The van der Waals surface area contributed by atoms with E-state index in [1.54, 1.807) is 0 Å². The number of hydrogen-bond acceptors (Lipinski definition) is 3. The Kier molecular flexibility index (Phi) is 7.68. The van der Waals surface area contributed by atoms with Crippen LogP contribution in [0.3, 0.4) is 0 Å². The zero-order valence-electron chi connectivity index (χ0n) is 12.8. The summed E-state index contributed by atoms with van der Waals surface area (Å²) in [5, 5.41) is 3.37. The van der Waals surface area contributed by atoms with Crippen LogP contribution in [0, 0.1) is 5.92 Å². The molecule has 0 saturated carbocycles. The smallest absolute Gasteiger partial charge is 0.0891 e. The van der Waals surface area contributed by atoms with Crippen LogP contribution in [0.4, 0.5) is 0 Å². The maximum absolute atomic E-state index is 5.80. The molecule has 108 valence electrons. The summed E-state index contributed by atoms with van der Waals surface area (Å²) in [6.07, 6.45) is 4.49. The Morgan fingerprint density at radius 2 is 2.05 bits per heavy atom. The largest absolute Gasteiger partial charge is 0.372 e. The molecule has 3 heteroatoms. The Bertz CT molecular complexity index is 335. The van der Waals surface area contributed by atoms with Crippen LogP contribution in [0.2, 0.25) is 0 Å². The fourth-order valence-corrected chi connectivity index (χ4v) is 2.01. The number of pyridine rings is 1. The summed E-state index contributed by atoms with van der Waals surface area (Å²) in [6.45, 7) is 11.3. The molecule has 1 rings (SSSR count). The zero-order valence-corrected chi connectivity index (χ0v) is 12.8. The molecule has 1 aromatic rings. The molecule has 1 N–H and O–H groups in total. The summed E-state index contributed by atoms with van der Waals surface area (Å²) in [5.74, 6) is 0.676. The molecule has 0 aliphatic carbocycles. The summed E-state index contributed by atoms with van der Waals surface area (Å²) in [7, 11) is 0. The van der Waals surface area contributed by atoms with E-state index in [0.29, 0.717) is 18.6 Å². The van der Waals surface area contributed by atoms with Gasteiger partial charge in [0.15, 0.2) is 0 Å². The van der Waals surface area contributed by atoms with E-state index in [1.807, 2.05) is 6.20 Å². The predicted molar refractivity (Wildman–Crippen MR) is 79.9 cm³/mol. The summed E-state index contributed by atoms with van der Waals surface area (Å²) in [6, 6.07) is 4.19. The molecule has 1 atom stereocenters. The van der Waals surface area contributed by atoms with E-state index in [9.17, 15) is 0 Å².